The summed E-state index contributed by atoms with van der Waals surface area (Å²) in [4.78, 5) is 11.5. The van der Waals surface area contributed by atoms with Crippen LogP contribution in [0, 0.1) is 0 Å². The van der Waals surface area contributed by atoms with Crippen LogP contribution in [0.1, 0.15) is 37.8 Å². The molecule has 0 bridgehead atoms. The van der Waals surface area contributed by atoms with Gasteiger partial charge < -0.3 is 10.6 Å². The Morgan fingerprint density at radius 3 is 2.94 bits per heavy atom. The molecule has 2 N–H and O–H groups in total. The first-order valence-electron chi connectivity index (χ1n) is 6.43. The lowest BCUT2D eigenvalue weighted by Gasteiger charge is -2.14. The van der Waals surface area contributed by atoms with Crippen LogP contribution >= 0.6 is 11.6 Å². The average Bonchev–Trinajstić information content (AvgIpc) is 3.12. The Bertz CT molecular complexity index is 418. The number of rotatable bonds is 6. The van der Waals surface area contributed by atoms with Crippen LogP contribution in [0.5, 0.6) is 0 Å². The fourth-order valence-electron chi connectivity index (χ4n) is 1.82. The number of hydrogen-bond acceptors (Lipinski definition) is 2. The number of hydrogen-bond donors (Lipinski definition) is 2. The monoisotopic (exact) mass is 266 g/mol. The van der Waals surface area contributed by atoms with Gasteiger partial charge in [0.15, 0.2) is 0 Å². The molecule has 1 amide bonds. The highest BCUT2D eigenvalue weighted by atomic mass is 35.5. The third-order valence-electron chi connectivity index (χ3n) is 3.09. The highest BCUT2D eigenvalue weighted by Crippen LogP contribution is 2.19. The minimum Gasteiger partial charge on any atom is -0.353 e. The van der Waals surface area contributed by atoms with Gasteiger partial charge in [0.2, 0.25) is 5.91 Å². The first-order chi connectivity index (χ1) is 8.65. The van der Waals surface area contributed by atoms with E-state index in [1.807, 2.05) is 24.3 Å². The lowest BCUT2D eigenvalue weighted by molar-refractivity contribution is -0.121. The van der Waals surface area contributed by atoms with Gasteiger partial charge in [-0.15, -0.1) is 0 Å². The molecule has 0 aliphatic heterocycles. The van der Waals surface area contributed by atoms with Crippen LogP contribution in [0.3, 0.4) is 0 Å². The number of benzene rings is 1. The standard InChI is InChI=1S/C14H19ClN2O/c1-10(11-3-2-4-12(15)9-11)16-8-7-14(18)17-13-5-6-13/h2-4,9-10,13,16H,5-8H2,1H3,(H,17,18)/t10-/m1/s1. The molecule has 2 rings (SSSR count). The Balaban J connectivity index is 1.70. The number of halogens is 1. The molecule has 1 saturated carbocycles. The highest BCUT2D eigenvalue weighted by molar-refractivity contribution is 6.30. The SMILES string of the molecule is C[C@@H](NCCC(=O)NC1CC1)c1cccc(Cl)c1. The summed E-state index contributed by atoms with van der Waals surface area (Å²) in [5, 5.41) is 7.05. The number of carbonyl (C=O) groups is 1. The summed E-state index contributed by atoms with van der Waals surface area (Å²) in [6.07, 6.45) is 2.80. The predicted molar refractivity (Wildman–Crippen MR) is 73.7 cm³/mol. The van der Waals surface area contributed by atoms with Gasteiger partial charge in [0, 0.05) is 30.1 Å². The van der Waals surface area contributed by atoms with Crippen LogP contribution in [0.2, 0.25) is 5.02 Å². The molecule has 1 aliphatic carbocycles. The molecule has 98 valence electrons. The second-order valence-electron chi connectivity index (χ2n) is 4.82. The van der Waals surface area contributed by atoms with Gasteiger partial charge in [0.1, 0.15) is 0 Å². The fourth-order valence-corrected chi connectivity index (χ4v) is 2.02. The molecule has 0 saturated heterocycles. The molecule has 1 aromatic carbocycles. The van der Waals surface area contributed by atoms with Crippen molar-refractivity contribution in [2.24, 2.45) is 0 Å². The van der Waals surface area contributed by atoms with Crippen LogP contribution in [-0.2, 0) is 4.79 Å². The van der Waals surface area contributed by atoms with Crippen molar-refractivity contribution in [3.05, 3.63) is 34.9 Å². The minimum atomic E-state index is 0.142. The Morgan fingerprint density at radius 2 is 2.28 bits per heavy atom. The predicted octanol–water partition coefficient (Wildman–Crippen LogP) is 2.66. The normalized spacial score (nSPS) is 16.3. The molecule has 3 nitrogen and oxygen atoms in total. The summed E-state index contributed by atoms with van der Waals surface area (Å²) >= 11 is 5.95. The van der Waals surface area contributed by atoms with Gasteiger partial charge in [0.05, 0.1) is 0 Å². The Labute approximate surface area is 113 Å². The molecule has 0 unspecified atom stereocenters. The highest BCUT2D eigenvalue weighted by Gasteiger charge is 2.22. The second kappa shape index (κ2) is 6.21. The molecule has 4 heteroatoms. The van der Waals surface area contributed by atoms with Gasteiger partial charge in [-0.05, 0) is 37.5 Å². The zero-order chi connectivity index (χ0) is 13.0. The van der Waals surface area contributed by atoms with E-state index < -0.39 is 0 Å². The summed E-state index contributed by atoms with van der Waals surface area (Å²) in [6, 6.07) is 8.44. The van der Waals surface area contributed by atoms with Gasteiger partial charge in [-0.1, -0.05) is 23.7 Å². The van der Waals surface area contributed by atoms with Crippen molar-refractivity contribution in [3.63, 3.8) is 0 Å². The molecule has 1 aromatic rings. The van der Waals surface area contributed by atoms with Crippen molar-refractivity contribution in [1.29, 1.82) is 0 Å². The van der Waals surface area contributed by atoms with E-state index in [4.69, 9.17) is 11.6 Å². The van der Waals surface area contributed by atoms with E-state index in [1.165, 1.54) is 0 Å². The van der Waals surface area contributed by atoms with E-state index in [0.29, 0.717) is 19.0 Å². The molecule has 1 aliphatic rings. The summed E-state index contributed by atoms with van der Waals surface area (Å²) < 4.78 is 0. The van der Waals surface area contributed by atoms with E-state index >= 15 is 0 Å². The molecule has 0 radical (unpaired) electrons. The van der Waals surface area contributed by atoms with E-state index in [-0.39, 0.29) is 11.9 Å². The summed E-state index contributed by atoms with van der Waals surface area (Å²) in [5.41, 5.74) is 1.14. The Hall–Kier alpha value is -1.06. The molecule has 1 fully saturated rings. The molecule has 0 aromatic heterocycles. The summed E-state index contributed by atoms with van der Waals surface area (Å²) in [5.74, 6) is 0.142. The van der Waals surface area contributed by atoms with Crippen LogP contribution in [-0.4, -0.2) is 18.5 Å². The third-order valence-corrected chi connectivity index (χ3v) is 3.33. The minimum absolute atomic E-state index is 0.142. The molecule has 18 heavy (non-hydrogen) atoms. The van der Waals surface area contributed by atoms with Gasteiger partial charge in [-0.2, -0.15) is 0 Å². The maximum absolute atomic E-state index is 11.5. The largest absolute Gasteiger partial charge is 0.353 e. The smallest absolute Gasteiger partial charge is 0.221 e. The van der Waals surface area contributed by atoms with Gasteiger partial charge in [-0.3, -0.25) is 4.79 Å². The van der Waals surface area contributed by atoms with Crippen LogP contribution in [0.4, 0.5) is 0 Å². The lowest BCUT2D eigenvalue weighted by atomic mass is 10.1. The average molecular weight is 267 g/mol. The van der Waals surface area contributed by atoms with Gasteiger partial charge in [-0.25, -0.2) is 0 Å². The summed E-state index contributed by atoms with van der Waals surface area (Å²) in [7, 11) is 0. The van der Waals surface area contributed by atoms with Gasteiger partial charge >= 0.3 is 0 Å². The van der Waals surface area contributed by atoms with Crippen molar-refractivity contribution >= 4 is 17.5 Å². The fraction of sp³-hybridized carbons (Fsp3) is 0.500. The lowest BCUT2D eigenvalue weighted by Crippen LogP contribution is -2.30. The Morgan fingerprint density at radius 1 is 1.50 bits per heavy atom. The van der Waals surface area contributed by atoms with Crippen molar-refractivity contribution < 1.29 is 4.79 Å². The van der Waals surface area contributed by atoms with Crippen LogP contribution in [0.25, 0.3) is 0 Å². The zero-order valence-electron chi connectivity index (χ0n) is 10.6. The molecular weight excluding hydrogens is 248 g/mol. The number of amides is 1. The van der Waals surface area contributed by atoms with E-state index in [2.05, 4.69) is 17.6 Å². The third kappa shape index (κ3) is 4.31. The van der Waals surface area contributed by atoms with Crippen molar-refractivity contribution in [1.82, 2.24) is 10.6 Å². The van der Waals surface area contributed by atoms with Crippen molar-refractivity contribution in [2.75, 3.05) is 6.54 Å². The number of carbonyl (C=O) groups excluding carboxylic acids is 1. The first-order valence-corrected chi connectivity index (χ1v) is 6.81. The topological polar surface area (TPSA) is 41.1 Å². The maximum Gasteiger partial charge on any atom is 0.221 e. The Kier molecular flexibility index (Phi) is 4.61. The van der Waals surface area contributed by atoms with Gasteiger partial charge in [0.25, 0.3) is 0 Å². The maximum atomic E-state index is 11.5. The second-order valence-corrected chi connectivity index (χ2v) is 5.26. The molecule has 1 atom stereocenters. The van der Waals surface area contributed by atoms with E-state index in [1.54, 1.807) is 0 Å². The molecule has 0 heterocycles. The van der Waals surface area contributed by atoms with Crippen molar-refractivity contribution in [2.45, 2.75) is 38.3 Å². The number of nitrogens with one attached hydrogen (secondary N) is 2. The molecule has 0 spiro atoms. The quantitative estimate of drug-likeness (QED) is 0.831. The molecular formula is C14H19ClN2O. The summed E-state index contributed by atoms with van der Waals surface area (Å²) in [6.45, 7) is 2.76. The van der Waals surface area contributed by atoms with Crippen LogP contribution < -0.4 is 10.6 Å². The zero-order valence-corrected chi connectivity index (χ0v) is 11.3. The first kappa shape index (κ1) is 13.4. The van der Waals surface area contributed by atoms with E-state index in [9.17, 15) is 4.79 Å². The van der Waals surface area contributed by atoms with Crippen molar-refractivity contribution in [3.8, 4) is 0 Å². The van der Waals surface area contributed by atoms with E-state index in [0.717, 1.165) is 23.4 Å². The van der Waals surface area contributed by atoms with Crippen LogP contribution in [0.15, 0.2) is 24.3 Å².